The maximum Gasteiger partial charge on any atom is 0.0310 e. The molecule has 76 valence electrons. The zero-order valence-corrected chi connectivity index (χ0v) is 8.82. The van der Waals surface area contributed by atoms with Gasteiger partial charge in [0.05, 0.1) is 0 Å². The number of halogens is 1. The first-order valence-electron chi connectivity index (χ1n) is 5.00. The van der Waals surface area contributed by atoms with Crippen molar-refractivity contribution in [1.29, 1.82) is 0 Å². The Kier molecular flexibility index (Phi) is 4.78. The summed E-state index contributed by atoms with van der Waals surface area (Å²) in [5.74, 6) is 0.629. The first-order valence-corrected chi connectivity index (χ1v) is 5.38. The lowest BCUT2D eigenvalue weighted by molar-refractivity contribution is 0.274. The predicted octanol–water partition coefficient (Wildman–Crippen LogP) is 1.85. The summed E-state index contributed by atoms with van der Waals surface area (Å²) in [5, 5.41) is 4.09. The maximum atomic E-state index is 5.70. The van der Waals surface area contributed by atoms with Gasteiger partial charge in [-0.3, -0.25) is 0 Å². The molecule has 0 saturated heterocycles. The van der Waals surface area contributed by atoms with Gasteiger partial charge < -0.3 is 11.1 Å². The van der Waals surface area contributed by atoms with Crippen molar-refractivity contribution < 1.29 is 0 Å². The zero-order valence-electron chi connectivity index (χ0n) is 8.06. The summed E-state index contributed by atoms with van der Waals surface area (Å²) in [6, 6.07) is 0.550. The average molecular weight is 203 g/mol. The minimum absolute atomic E-state index is 0.550. The van der Waals surface area contributed by atoms with Crippen LogP contribution in [-0.2, 0) is 0 Å². The van der Waals surface area contributed by atoms with Crippen molar-refractivity contribution in [2.45, 2.75) is 31.7 Å². The third-order valence-electron chi connectivity index (χ3n) is 2.77. The molecule has 0 amide bonds. The Morgan fingerprint density at radius 2 is 2.15 bits per heavy atom. The van der Waals surface area contributed by atoms with Gasteiger partial charge >= 0.3 is 0 Å². The van der Waals surface area contributed by atoms with Gasteiger partial charge in [-0.1, -0.05) is 31.0 Å². The van der Waals surface area contributed by atoms with Gasteiger partial charge in [0.25, 0.3) is 0 Å². The molecule has 0 aliphatic heterocycles. The molecule has 0 heterocycles. The number of nitrogens with one attached hydrogen (secondary N) is 1. The third kappa shape index (κ3) is 3.67. The van der Waals surface area contributed by atoms with Crippen LogP contribution >= 0.6 is 11.6 Å². The third-order valence-corrected chi connectivity index (χ3v) is 2.90. The standard InChI is InChI=1S/C10H19ClN2/c1-8(11)7-13-10-5-3-2-4-9(10)6-12/h9-10,13H,1-7,12H2. The van der Waals surface area contributed by atoms with Gasteiger partial charge in [-0.15, -0.1) is 0 Å². The molecule has 3 N–H and O–H groups in total. The first kappa shape index (κ1) is 11.0. The first-order chi connectivity index (χ1) is 6.24. The van der Waals surface area contributed by atoms with E-state index in [9.17, 15) is 0 Å². The van der Waals surface area contributed by atoms with Gasteiger partial charge in [-0.05, 0) is 25.3 Å². The molecule has 2 unspecified atom stereocenters. The molecule has 0 aromatic heterocycles. The Labute approximate surface area is 85.5 Å². The Morgan fingerprint density at radius 1 is 1.46 bits per heavy atom. The van der Waals surface area contributed by atoms with E-state index in [1.165, 1.54) is 25.7 Å². The molecule has 0 aromatic carbocycles. The molecule has 3 heteroatoms. The van der Waals surface area contributed by atoms with Crippen LogP contribution in [0, 0.1) is 5.92 Å². The fourth-order valence-corrected chi connectivity index (χ4v) is 2.08. The van der Waals surface area contributed by atoms with Crippen molar-refractivity contribution in [2.24, 2.45) is 11.7 Å². The van der Waals surface area contributed by atoms with Crippen LogP contribution in [0.25, 0.3) is 0 Å². The summed E-state index contributed by atoms with van der Waals surface area (Å²) in [6.45, 7) is 5.16. The SMILES string of the molecule is C=C(Cl)CNC1CCCCC1CN. The number of hydrogen-bond donors (Lipinski definition) is 2. The molecule has 2 nitrogen and oxygen atoms in total. The van der Waals surface area contributed by atoms with Crippen LogP contribution in [0.1, 0.15) is 25.7 Å². The molecule has 1 saturated carbocycles. The number of rotatable bonds is 4. The number of nitrogens with two attached hydrogens (primary N) is 1. The Morgan fingerprint density at radius 3 is 2.77 bits per heavy atom. The van der Waals surface area contributed by atoms with Crippen molar-refractivity contribution in [3.8, 4) is 0 Å². The van der Waals surface area contributed by atoms with Gasteiger partial charge in [0.15, 0.2) is 0 Å². The molecule has 13 heavy (non-hydrogen) atoms. The van der Waals surface area contributed by atoms with E-state index in [2.05, 4.69) is 11.9 Å². The molecule has 1 rings (SSSR count). The Balaban J connectivity index is 2.31. The fraction of sp³-hybridized carbons (Fsp3) is 0.800. The highest BCUT2D eigenvalue weighted by molar-refractivity contribution is 6.29. The zero-order chi connectivity index (χ0) is 9.68. The van der Waals surface area contributed by atoms with Gasteiger partial charge in [-0.25, -0.2) is 0 Å². The molecule has 2 atom stereocenters. The lowest BCUT2D eigenvalue weighted by Crippen LogP contribution is -2.42. The Hall–Kier alpha value is -0.0500. The van der Waals surface area contributed by atoms with E-state index >= 15 is 0 Å². The van der Waals surface area contributed by atoms with Crippen molar-refractivity contribution in [3.05, 3.63) is 11.6 Å². The smallest absolute Gasteiger partial charge is 0.0310 e. The van der Waals surface area contributed by atoms with Crippen LogP contribution < -0.4 is 11.1 Å². The largest absolute Gasteiger partial charge is 0.330 e. The second-order valence-electron chi connectivity index (χ2n) is 3.78. The van der Waals surface area contributed by atoms with E-state index in [-0.39, 0.29) is 0 Å². The fourth-order valence-electron chi connectivity index (χ4n) is 2.00. The van der Waals surface area contributed by atoms with E-state index in [1.54, 1.807) is 0 Å². The summed E-state index contributed by atoms with van der Waals surface area (Å²) in [7, 11) is 0. The normalized spacial score (nSPS) is 28.8. The van der Waals surface area contributed by atoms with Gasteiger partial charge in [-0.2, -0.15) is 0 Å². The maximum absolute atomic E-state index is 5.70. The molecule has 0 aromatic rings. The highest BCUT2D eigenvalue weighted by atomic mass is 35.5. The minimum Gasteiger partial charge on any atom is -0.330 e. The summed E-state index contributed by atoms with van der Waals surface area (Å²) in [4.78, 5) is 0. The topological polar surface area (TPSA) is 38.0 Å². The summed E-state index contributed by atoms with van der Waals surface area (Å²) in [6.07, 6.45) is 5.11. The van der Waals surface area contributed by atoms with Crippen LogP contribution in [0.4, 0.5) is 0 Å². The summed E-state index contributed by atoms with van der Waals surface area (Å²) < 4.78 is 0. The van der Waals surface area contributed by atoms with Crippen LogP contribution in [-0.4, -0.2) is 19.1 Å². The van der Waals surface area contributed by atoms with Gasteiger partial charge in [0.2, 0.25) is 0 Å². The lowest BCUT2D eigenvalue weighted by Gasteiger charge is -2.31. The van der Waals surface area contributed by atoms with Crippen molar-refractivity contribution in [1.82, 2.24) is 5.32 Å². The van der Waals surface area contributed by atoms with E-state index in [1.807, 2.05) is 0 Å². The van der Waals surface area contributed by atoms with Crippen LogP contribution in [0.2, 0.25) is 0 Å². The van der Waals surface area contributed by atoms with E-state index in [0.29, 0.717) is 23.5 Å². The molecule has 0 spiro atoms. The van der Waals surface area contributed by atoms with E-state index in [4.69, 9.17) is 17.3 Å². The number of hydrogen-bond acceptors (Lipinski definition) is 2. The second-order valence-corrected chi connectivity index (χ2v) is 4.32. The second kappa shape index (κ2) is 5.63. The minimum atomic E-state index is 0.550. The molecule has 1 aliphatic carbocycles. The van der Waals surface area contributed by atoms with Crippen LogP contribution in [0.15, 0.2) is 11.6 Å². The summed E-state index contributed by atoms with van der Waals surface area (Å²) >= 11 is 5.70. The van der Waals surface area contributed by atoms with Crippen molar-refractivity contribution in [3.63, 3.8) is 0 Å². The quantitative estimate of drug-likeness (QED) is 0.731. The van der Waals surface area contributed by atoms with Crippen molar-refractivity contribution in [2.75, 3.05) is 13.1 Å². The molecule has 0 bridgehead atoms. The highest BCUT2D eigenvalue weighted by Crippen LogP contribution is 2.23. The average Bonchev–Trinajstić information content (AvgIpc) is 2.15. The van der Waals surface area contributed by atoms with Crippen molar-refractivity contribution >= 4 is 11.6 Å². The van der Waals surface area contributed by atoms with Gasteiger partial charge in [0.1, 0.15) is 0 Å². The molecular formula is C10H19ClN2. The van der Waals surface area contributed by atoms with Gasteiger partial charge in [0, 0.05) is 17.6 Å². The van der Waals surface area contributed by atoms with Crippen LogP contribution in [0.5, 0.6) is 0 Å². The molecule has 1 aliphatic rings. The van der Waals surface area contributed by atoms with Crippen LogP contribution in [0.3, 0.4) is 0 Å². The Bertz CT molecular complexity index is 170. The van der Waals surface area contributed by atoms with E-state index < -0.39 is 0 Å². The molecular weight excluding hydrogens is 184 g/mol. The molecule has 1 fully saturated rings. The lowest BCUT2D eigenvalue weighted by atomic mass is 9.84. The summed E-state index contributed by atoms with van der Waals surface area (Å²) in [5.41, 5.74) is 5.70. The predicted molar refractivity (Wildman–Crippen MR) is 57.8 cm³/mol. The monoisotopic (exact) mass is 202 g/mol. The molecule has 0 radical (unpaired) electrons. The van der Waals surface area contributed by atoms with E-state index in [0.717, 1.165) is 6.54 Å². The highest BCUT2D eigenvalue weighted by Gasteiger charge is 2.22.